The highest BCUT2D eigenvalue weighted by atomic mass is 15.0. The Labute approximate surface area is 315 Å². The van der Waals surface area contributed by atoms with E-state index in [0.717, 1.165) is 57.4 Å². The number of fused-ring (bicyclic) bond motifs is 6. The fraction of sp³-hybridized carbons (Fsp3) is 0.100. The van der Waals surface area contributed by atoms with Crippen LogP contribution in [0.25, 0.3) is 83.9 Å². The van der Waals surface area contributed by atoms with E-state index < -0.39 is 0 Å². The normalized spacial score (nSPS) is 12.9. The Balaban J connectivity index is 1.20. The van der Waals surface area contributed by atoms with Crippen LogP contribution < -0.4 is 0 Å². The van der Waals surface area contributed by atoms with Crippen molar-refractivity contribution < 1.29 is 0 Å². The quantitative estimate of drug-likeness (QED) is 0.167. The Hall–Kier alpha value is -6.65. The number of nitrogens with zero attached hydrogens (tertiary/aromatic N) is 4. The van der Waals surface area contributed by atoms with Crippen molar-refractivity contribution in [3.05, 3.63) is 181 Å². The van der Waals surface area contributed by atoms with Crippen molar-refractivity contribution >= 4 is 21.8 Å². The lowest BCUT2D eigenvalue weighted by molar-refractivity contribution is 0.490. The average Bonchev–Trinajstić information content (AvgIpc) is 3.74. The second-order valence-corrected chi connectivity index (χ2v) is 14.2. The number of hydrogen-bond acceptors (Lipinski definition) is 3. The van der Waals surface area contributed by atoms with Gasteiger partial charge >= 0.3 is 0 Å². The van der Waals surface area contributed by atoms with Gasteiger partial charge in [-0.05, 0) is 64.9 Å². The fourth-order valence-electron chi connectivity index (χ4n) is 8.87. The van der Waals surface area contributed by atoms with Crippen LogP contribution >= 0.6 is 0 Å². The summed E-state index contributed by atoms with van der Waals surface area (Å²) in [5, 5.41) is 2.44. The van der Waals surface area contributed by atoms with Crippen LogP contribution in [0, 0.1) is 0 Å². The predicted octanol–water partition coefficient (Wildman–Crippen LogP) is 12.7. The SMILES string of the molecule is CCC1(CC)c2ccccc2-c2cc(-c3nc(-c4ccccc4)nc(-c4ccc(-c5ccccc5)c(-n5c6ccccc6c6ccccc65)c4)n3)ccc21. The average molecular weight is 695 g/mol. The Bertz CT molecular complexity index is 2800. The third-order valence-corrected chi connectivity index (χ3v) is 11.6. The van der Waals surface area contributed by atoms with Gasteiger partial charge in [0.05, 0.1) is 16.7 Å². The highest BCUT2D eigenvalue weighted by Gasteiger charge is 2.40. The van der Waals surface area contributed by atoms with Crippen molar-refractivity contribution in [2.75, 3.05) is 0 Å². The predicted molar refractivity (Wildman–Crippen MR) is 223 cm³/mol. The van der Waals surface area contributed by atoms with Gasteiger partial charge in [-0.25, -0.2) is 15.0 Å². The van der Waals surface area contributed by atoms with E-state index >= 15 is 0 Å². The molecule has 0 fully saturated rings. The minimum atomic E-state index is 0.00757. The summed E-state index contributed by atoms with van der Waals surface area (Å²) in [6, 6.07) is 60.6. The van der Waals surface area contributed by atoms with Gasteiger partial charge in [-0.3, -0.25) is 0 Å². The molecule has 0 amide bonds. The van der Waals surface area contributed by atoms with Crippen molar-refractivity contribution in [1.82, 2.24) is 19.5 Å². The molecule has 54 heavy (non-hydrogen) atoms. The van der Waals surface area contributed by atoms with E-state index in [4.69, 9.17) is 15.0 Å². The molecule has 0 radical (unpaired) electrons. The summed E-state index contributed by atoms with van der Waals surface area (Å²) in [7, 11) is 0. The number of aromatic nitrogens is 4. The molecule has 0 spiro atoms. The van der Waals surface area contributed by atoms with E-state index in [2.05, 4.69) is 170 Å². The van der Waals surface area contributed by atoms with Gasteiger partial charge in [-0.2, -0.15) is 0 Å². The molecule has 0 saturated heterocycles. The third-order valence-electron chi connectivity index (χ3n) is 11.6. The van der Waals surface area contributed by atoms with Crippen LogP contribution in [0.3, 0.4) is 0 Å². The molecule has 10 rings (SSSR count). The van der Waals surface area contributed by atoms with Crippen LogP contribution in [0.2, 0.25) is 0 Å². The number of benzene rings is 7. The lowest BCUT2D eigenvalue weighted by Gasteiger charge is -2.29. The Morgan fingerprint density at radius 1 is 0.407 bits per heavy atom. The molecule has 4 nitrogen and oxygen atoms in total. The second-order valence-electron chi connectivity index (χ2n) is 14.2. The molecular weight excluding hydrogens is 657 g/mol. The molecule has 7 aromatic carbocycles. The van der Waals surface area contributed by atoms with Gasteiger partial charge in [0, 0.05) is 38.4 Å². The Morgan fingerprint density at radius 3 is 1.56 bits per heavy atom. The fourth-order valence-corrected chi connectivity index (χ4v) is 8.87. The summed E-state index contributed by atoms with van der Waals surface area (Å²) in [6.45, 7) is 4.62. The van der Waals surface area contributed by atoms with Gasteiger partial charge in [0.2, 0.25) is 0 Å². The van der Waals surface area contributed by atoms with E-state index in [9.17, 15) is 0 Å². The molecule has 1 aliphatic carbocycles. The first-order valence-corrected chi connectivity index (χ1v) is 18.9. The summed E-state index contributed by atoms with van der Waals surface area (Å²) in [6.07, 6.45) is 2.10. The molecule has 4 heteroatoms. The lowest BCUT2D eigenvalue weighted by Crippen LogP contribution is -2.22. The van der Waals surface area contributed by atoms with Gasteiger partial charge in [0.15, 0.2) is 17.5 Å². The van der Waals surface area contributed by atoms with Gasteiger partial charge in [-0.1, -0.05) is 159 Å². The zero-order valence-electron chi connectivity index (χ0n) is 30.4. The minimum Gasteiger partial charge on any atom is -0.309 e. The molecule has 0 bridgehead atoms. The summed E-state index contributed by atoms with van der Waals surface area (Å²) < 4.78 is 2.39. The first-order chi connectivity index (χ1) is 26.7. The standard InChI is InChI=1S/C50H38N4/c1-3-50(4-2)42-24-14-11-21-38(42)41-31-35(28-30-43(41)50)48-51-47(34-19-9-6-10-20-34)52-49(53-48)36-27-29-37(33-17-7-5-8-18-33)46(32-36)54-44-25-15-12-22-39(44)40-23-13-16-26-45(40)54/h5-32H,3-4H2,1-2H3. The number of para-hydroxylation sites is 2. The first-order valence-electron chi connectivity index (χ1n) is 18.9. The van der Waals surface area contributed by atoms with E-state index in [1.54, 1.807) is 0 Å². The van der Waals surface area contributed by atoms with Crippen LogP contribution in [0.5, 0.6) is 0 Å². The number of hydrogen-bond donors (Lipinski definition) is 0. The minimum absolute atomic E-state index is 0.00757. The molecule has 9 aromatic rings. The molecule has 2 aromatic heterocycles. The Kier molecular flexibility index (Phi) is 7.58. The molecule has 2 heterocycles. The zero-order chi connectivity index (χ0) is 36.2. The summed E-state index contributed by atoms with van der Waals surface area (Å²) in [4.78, 5) is 15.6. The van der Waals surface area contributed by atoms with E-state index in [-0.39, 0.29) is 5.41 Å². The van der Waals surface area contributed by atoms with E-state index in [1.807, 2.05) is 18.2 Å². The highest BCUT2D eigenvalue weighted by molar-refractivity contribution is 6.09. The lowest BCUT2D eigenvalue weighted by atomic mass is 9.74. The largest absolute Gasteiger partial charge is 0.309 e. The zero-order valence-corrected chi connectivity index (χ0v) is 30.4. The molecule has 1 aliphatic rings. The second kappa shape index (κ2) is 12.8. The summed E-state index contributed by atoms with van der Waals surface area (Å²) >= 11 is 0. The van der Waals surface area contributed by atoms with Gasteiger partial charge < -0.3 is 4.57 Å². The van der Waals surface area contributed by atoms with Crippen LogP contribution in [-0.2, 0) is 5.41 Å². The van der Waals surface area contributed by atoms with Gasteiger partial charge in [0.1, 0.15) is 0 Å². The van der Waals surface area contributed by atoms with Crippen LogP contribution in [0.15, 0.2) is 170 Å². The highest BCUT2D eigenvalue weighted by Crippen LogP contribution is 2.53. The summed E-state index contributed by atoms with van der Waals surface area (Å²) in [5.41, 5.74) is 13.9. The van der Waals surface area contributed by atoms with Crippen molar-refractivity contribution in [1.29, 1.82) is 0 Å². The molecule has 0 aliphatic heterocycles. The monoisotopic (exact) mass is 694 g/mol. The van der Waals surface area contributed by atoms with E-state index in [1.165, 1.54) is 33.0 Å². The molecule has 258 valence electrons. The maximum atomic E-state index is 5.28. The van der Waals surface area contributed by atoms with Crippen molar-refractivity contribution in [2.24, 2.45) is 0 Å². The maximum absolute atomic E-state index is 5.28. The Morgan fingerprint density at radius 2 is 0.907 bits per heavy atom. The van der Waals surface area contributed by atoms with Crippen molar-refractivity contribution in [3.8, 4) is 62.1 Å². The third kappa shape index (κ3) is 4.94. The van der Waals surface area contributed by atoms with Gasteiger partial charge in [0.25, 0.3) is 0 Å². The number of rotatable bonds is 7. The van der Waals surface area contributed by atoms with Crippen molar-refractivity contribution in [3.63, 3.8) is 0 Å². The van der Waals surface area contributed by atoms with Crippen LogP contribution in [0.1, 0.15) is 37.8 Å². The van der Waals surface area contributed by atoms with Gasteiger partial charge in [-0.15, -0.1) is 0 Å². The topological polar surface area (TPSA) is 43.6 Å². The molecule has 0 saturated carbocycles. The van der Waals surface area contributed by atoms with Crippen LogP contribution in [-0.4, -0.2) is 19.5 Å². The van der Waals surface area contributed by atoms with E-state index in [0.29, 0.717) is 17.5 Å². The maximum Gasteiger partial charge on any atom is 0.164 e. The summed E-state index contributed by atoms with van der Waals surface area (Å²) in [5.74, 6) is 1.95. The molecule has 0 atom stereocenters. The molecule has 0 unspecified atom stereocenters. The first kappa shape index (κ1) is 32.0. The smallest absolute Gasteiger partial charge is 0.164 e. The molecular formula is C50H38N4. The van der Waals surface area contributed by atoms with Crippen LogP contribution in [0.4, 0.5) is 0 Å². The molecule has 0 N–H and O–H groups in total. The van der Waals surface area contributed by atoms with Crippen molar-refractivity contribution in [2.45, 2.75) is 32.1 Å².